The molecule has 0 aromatic heterocycles. The Morgan fingerprint density at radius 3 is 2.68 bits per heavy atom. The maximum absolute atomic E-state index is 11.5. The Morgan fingerprint density at radius 1 is 1.32 bits per heavy atom. The van der Waals surface area contributed by atoms with Crippen LogP contribution < -0.4 is 10.6 Å². The zero-order valence-electron chi connectivity index (χ0n) is 14.4. The molecule has 0 aromatic rings. The van der Waals surface area contributed by atoms with Crippen LogP contribution in [-0.2, 0) is 9.47 Å². The van der Waals surface area contributed by atoms with Crippen LogP contribution in [0.15, 0.2) is 12.2 Å². The molecule has 1 aliphatic heterocycles. The standard InChI is InChI=1S/C17H30N2O3/c1-16(2,3)22-15(20)19-10-7-6-9-18-13-12-8-11-21-14(12)17(13,4)5/h6-7,12-14,18H,8-11H2,1-5H3,(H,19,20)/b7-6+. The molecule has 1 saturated carbocycles. The summed E-state index contributed by atoms with van der Waals surface area (Å²) in [5.41, 5.74) is -0.241. The summed E-state index contributed by atoms with van der Waals surface area (Å²) < 4.78 is 11.0. The van der Waals surface area contributed by atoms with Crippen molar-refractivity contribution in [2.45, 2.75) is 58.8 Å². The predicted molar refractivity (Wildman–Crippen MR) is 86.8 cm³/mol. The Labute approximate surface area is 133 Å². The normalized spacial score (nSPS) is 30.0. The summed E-state index contributed by atoms with van der Waals surface area (Å²) in [6.07, 6.45) is 5.20. The van der Waals surface area contributed by atoms with Crippen LogP contribution in [0.25, 0.3) is 0 Å². The minimum Gasteiger partial charge on any atom is -0.444 e. The van der Waals surface area contributed by atoms with Gasteiger partial charge in [-0.15, -0.1) is 0 Å². The lowest BCUT2D eigenvalue weighted by atomic mass is 9.57. The number of carbonyl (C=O) groups excluding carboxylic acids is 1. The highest BCUT2D eigenvalue weighted by atomic mass is 16.6. The Hall–Kier alpha value is -1.07. The summed E-state index contributed by atoms with van der Waals surface area (Å²) in [6, 6.07) is 0.517. The summed E-state index contributed by atoms with van der Waals surface area (Å²) in [4.78, 5) is 11.5. The van der Waals surface area contributed by atoms with Gasteiger partial charge >= 0.3 is 6.09 Å². The van der Waals surface area contributed by atoms with Crippen molar-refractivity contribution >= 4 is 6.09 Å². The molecule has 3 atom stereocenters. The van der Waals surface area contributed by atoms with Gasteiger partial charge in [0, 0.05) is 37.1 Å². The molecule has 2 fully saturated rings. The van der Waals surface area contributed by atoms with Gasteiger partial charge in [-0.1, -0.05) is 26.0 Å². The van der Waals surface area contributed by atoms with Gasteiger partial charge in [-0.05, 0) is 27.2 Å². The van der Waals surface area contributed by atoms with Crippen molar-refractivity contribution in [3.63, 3.8) is 0 Å². The third kappa shape index (κ3) is 4.02. The van der Waals surface area contributed by atoms with Crippen LogP contribution in [0.5, 0.6) is 0 Å². The van der Waals surface area contributed by atoms with Crippen LogP contribution in [0.3, 0.4) is 0 Å². The number of carbonyl (C=O) groups is 1. The second kappa shape index (κ2) is 6.59. The van der Waals surface area contributed by atoms with Gasteiger partial charge in [0.15, 0.2) is 0 Å². The number of hydrogen-bond acceptors (Lipinski definition) is 4. The van der Waals surface area contributed by atoms with E-state index in [0.717, 1.165) is 19.6 Å². The first kappa shape index (κ1) is 17.3. The quantitative estimate of drug-likeness (QED) is 0.766. The van der Waals surface area contributed by atoms with Gasteiger partial charge < -0.3 is 20.1 Å². The second-order valence-corrected chi connectivity index (χ2v) is 7.81. The van der Waals surface area contributed by atoms with E-state index in [0.29, 0.717) is 24.6 Å². The van der Waals surface area contributed by atoms with Crippen LogP contribution in [0, 0.1) is 11.3 Å². The van der Waals surface area contributed by atoms with E-state index >= 15 is 0 Å². The van der Waals surface area contributed by atoms with Gasteiger partial charge in [0.05, 0.1) is 6.10 Å². The third-order valence-corrected chi connectivity index (χ3v) is 4.49. The van der Waals surface area contributed by atoms with Crippen LogP contribution >= 0.6 is 0 Å². The monoisotopic (exact) mass is 310 g/mol. The molecule has 0 radical (unpaired) electrons. The van der Waals surface area contributed by atoms with Gasteiger partial charge in [0.1, 0.15) is 5.60 Å². The van der Waals surface area contributed by atoms with Crippen molar-refractivity contribution in [3.05, 3.63) is 12.2 Å². The fourth-order valence-corrected chi connectivity index (χ4v) is 3.56. The number of rotatable bonds is 5. The molecular formula is C17H30N2O3. The third-order valence-electron chi connectivity index (χ3n) is 4.49. The molecule has 2 N–H and O–H groups in total. The number of fused-ring (bicyclic) bond motifs is 1. The summed E-state index contributed by atoms with van der Waals surface area (Å²) in [5, 5.41) is 6.31. The number of alkyl carbamates (subject to hydrolysis) is 1. The Morgan fingerprint density at radius 2 is 2.00 bits per heavy atom. The van der Waals surface area contributed by atoms with Crippen LogP contribution in [0.2, 0.25) is 0 Å². The van der Waals surface area contributed by atoms with Gasteiger partial charge in [-0.25, -0.2) is 4.79 Å². The van der Waals surface area contributed by atoms with E-state index in [-0.39, 0.29) is 11.5 Å². The summed E-state index contributed by atoms with van der Waals surface area (Å²) in [7, 11) is 0. The van der Waals surface area contributed by atoms with Crippen LogP contribution in [0.4, 0.5) is 4.79 Å². The minimum atomic E-state index is -0.453. The Kier molecular flexibility index (Phi) is 5.17. The second-order valence-electron chi connectivity index (χ2n) is 7.81. The van der Waals surface area contributed by atoms with Crippen molar-refractivity contribution < 1.29 is 14.3 Å². The average molecular weight is 310 g/mol. The Bertz CT molecular complexity index is 426. The fraction of sp³-hybridized carbons (Fsp3) is 0.824. The highest BCUT2D eigenvalue weighted by molar-refractivity contribution is 5.67. The van der Waals surface area contributed by atoms with E-state index < -0.39 is 5.60 Å². The topological polar surface area (TPSA) is 59.6 Å². The molecule has 22 heavy (non-hydrogen) atoms. The molecule has 5 heteroatoms. The van der Waals surface area contributed by atoms with Crippen molar-refractivity contribution in [1.82, 2.24) is 10.6 Å². The van der Waals surface area contributed by atoms with E-state index in [4.69, 9.17) is 9.47 Å². The van der Waals surface area contributed by atoms with E-state index in [9.17, 15) is 4.79 Å². The molecule has 3 unspecified atom stereocenters. The van der Waals surface area contributed by atoms with Gasteiger partial charge in [0.2, 0.25) is 0 Å². The summed E-state index contributed by atoms with van der Waals surface area (Å²) in [6.45, 7) is 12.3. The van der Waals surface area contributed by atoms with E-state index in [1.54, 1.807) is 0 Å². The van der Waals surface area contributed by atoms with E-state index in [1.807, 2.05) is 26.8 Å². The van der Waals surface area contributed by atoms with Crippen molar-refractivity contribution in [2.24, 2.45) is 11.3 Å². The highest BCUT2D eigenvalue weighted by Gasteiger charge is 2.58. The first-order valence-electron chi connectivity index (χ1n) is 8.18. The average Bonchev–Trinajstić information content (AvgIpc) is 2.82. The van der Waals surface area contributed by atoms with E-state index in [2.05, 4.69) is 30.6 Å². The van der Waals surface area contributed by atoms with Crippen LogP contribution in [0.1, 0.15) is 41.0 Å². The summed E-state index contributed by atoms with van der Waals surface area (Å²) >= 11 is 0. The molecule has 2 aliphatic rings. The molecule has 1 aliphatic carbocycles. The molecular weight excluding hydrogens is 280 g/mol. The fourth-order valence-electron chi connectivity index (χ4n) is 3.56. The smallest absolute Gasteiger partial charge is 0.407 e. The minimum absolute atomic E-state index is 0.212. The molecule has 1 amide bonds. The maximum Gasteiger partial charge on any atom is 0.407 e. The molecule has 0 aromatic carbocycles. The van der Waals surface area contributed by atoms with E-state index in [1.165, 1.54) is 0 Å². The SMILES string of the molecule is CC(C)(C)OC(=O)NC/C=C/CNC1C2CCOC2C1(C)C. The highest BCUT2D eigenvalue weighted by Crippen LogP contribution is 2.51. The first-order chi connectivity index (χ1) is 10.2. The lowest BCUT2D eigenvalue weighted by molar-refractivity contribution is -0.111. The first-order valence-corrected chi connectivity index (χ1v) is 8.18. The van der Waals surface area contributed by atoms with Crippen molar-refractivity contribution in [2.75, 3.05) is 19.7 Å². The number of ether oxygens (including phenoxy) is 2. The van der Waals surface area contributed by atoms with Crippen molar-refractivity contribution in [1.29, 1.82) is 0 Å². The zero-order chi connectivity index (χ0) is 16.4. The van der Waals surface area contributed by atoms with Gasteiger partial charge in [-0.2, -0.15) is 0 Å². The number of nitrogens with one attached hydrogen (secondary N) is 2. The van der Waals surface area contributed by atoms with Gasteiger partial charge in [0.25, 0.3) is 0 Å². The molecule has 2 rings (SSSR count). The largest absolute Gasteiger partial charge is 0.444 e. The van der Waals surface area contributed by atoms with Gasteiger partial charge in [-0.3, -0.25) is 0 Å². The molecule has 1 saturated heterocycles. The van der Waals surface area contributed by atoms with Crippen LogP contribution in [-0.4, -0.2) is 43.5 Å². The molecule has 0 spiro atoms. The lowest BCUT2D eigenvalue weighted by Gasteiger charge is -2.54. The predicted octanol–water partition coefficient (Wildman–Crippen LogP) is 2.47. The lowest BCUT2D eigenvalue weighted by Crippen LogP contribution is -2.65. The van der Waals surface area contributed by atoms with Crippen molar-refractivity contribution in [3.8, 4) is 0 Å². The summed E-state index contributed by atoms with van der Waals surface area (Å²) in [5.74, 6) is 0.656. The Balaban J connectivity index is 1.62. The maximum atomic E-state index is 11.5. The molecule has 0 bridgehead atoms. The number of hydrogen-bond donors (Lipinski definition) is 2. The zero-order valence-corrected chi connectivity index (χ0v) is 14.4. The molecule has 1 heterocycles. The number of amides is 1. The molecule has 126 valence electrons. The molecule has 5 nitrogen and oxygen atoms in total.